The van der Waals surface area contributed by atoms with Crippen molar-refractivity contribution in [2.75, 3.05) is 0 Å². The molecule has 0 atom stereocenters. The lowest BCUT2D eigenvalue weighted by molar-refractivity contribution is 0.0696. The van der Waals surface area contributed by atoms with Gasteiger partial charge in [-0.05, 0) is 38.1 Å². The molecule has 0 saturated carbocycles. The van der Waals surface area contributed by atoms with Crippen molar-refractivity contribution in [2.45, 2.75) is 13.8 Å². The molecule has 1 N–H and O–H groups in total. The minimum absolute atomic E-state index is 0.142. The first-order valence-electron chi connectivity index (χ1n) is 5.05. The van der Waals surface area contributed by atoms with Crippen LogP contribution in [0.1, 0.15) is 21.7 Å². The van der Waals surface area contributed by atoms with Gasteiger partial charge in [0, 0.05) is 10.7 Å². The van der Waals surface area contributed by atoms with E-state index >= 15 is 0 Å². The molecule has 1 heterocycles. The van der Waals surface area contributed by atoms with Gasteiger partial charge in [-0.25, -0.2) is 9.48 Å². The maximum Gasteiger partial charge on any atom is 0.337 e. The molecule has 88 valence electrons. The van der Waals surface area contributed by atoms with Crippen molar-refractivity contribution in [3.63, 3.8) is 0 Å². The number of carboxylic acids is 1. The number of rotatable bonds is 2. The fourth-order valence-corrected chi connectivity index (χ4v) is 1.91. The topological polar surface area (TPSA) is 55.1 Å². The van der Waals surface area contributed by atoms with E-state index < -0.39 is 5.97 Å². The second-order valence-corrected chi connectivity index (χ2v) is 4.24. The van der Waals surface area contributed by atoms with Gasteiger partial charge in [0.15, 0.2) is 0 Å². The third-order valence-corrected chi connectivity index (χ3v) is 2.66. The molecule has 2 aromatic rings. The molecule has 0 radical (unpaired) electrons. The van der Waals surface area contributed by atoms with E-state index in [0.717, 1.165) is 11.4 Å². The van der Waals surface area contributed by atoms with Gasteiger partial charge in [-0.1, -0.05) is 11.6 Å². The zero-order valence-electron chi connectivity index (χ0n) is 9.44. The van der Waals surface area contributed by atoms with Crippen LogP contribution in [0.15, 0.2) is 24.3 Å². The van der Waals surface area contributed by atoms with Crippen LogP contribution in [-0.4, -0.2) is 20.9 Å². The summed E-state index contributed by atoms with van der Waals surface area (Å²) in [4.78, 5) is 11.2. The minimum Gasteiger partial charge on any atom is -0.478 e. The van der Waals surface area contributed by atoms with Gasteiger partial charge in [0.1, 0.15) is 0 Å². The Bertz CT molecular complexity index is 590. The van der Waals surface area contributed by atoms with Crippen molar-refractivity contribution in [1.29, 1.82) is 0 Å². The van der Waals surface area contributed by atoms with Crippen LogP contribution >= 0.6 is 11.6 Å². The first-order valence-corrected chi connectivity index (χ1v) is 5.43. The van der Waals surface area contributed by atoms with E-state index in [9.17, 15) is 4.79 Å². The normalized spacial score (nSPS) is 10.5. The number of carboxylic acid groups (broad SMARTS) is 1. The summed E-state index contributed by atoms with van der Waals surface area (Å²) in [6, 6.07) is 6.63. The molecule has 0 unspecified atom stereocenters. The molecular formula is C12H11ClN2O2. The average molecular weight is 251 g/mol. The Morgan fingerprint density at radius 2 is 2.06 bits per heavy atom. The van der Waals surface area contributed by atoms with E-state index in [2.05, 4.69) is 5.10 Å². The maximum atomic E-state index is 11.2. The second-order valence-electron chi connectivity index (χ2n) is 3.81. The van der Waals surface area contributed by atoms with Crippen molar-refractivity contribution in [2.24, 2.45) is 0 Å². The molecule has 0 bridgehead atoms. The second kappa shape index (κ2) is 4.22. The van der Waals surface area contributed by atoms with E-state index in [1.165, 1.54) is 6.07 Å². The molecule has 1 aromatic carbocycles. The number of aromatic nitrogens is 2. The lowest BCUT2D eigenvalue weighted by Gasteiger charge is -2.08. The van der Waals surface area contributed by atoms with E-state index in [0.29, 0.717) is 10.7 Å². The number of halogens is 1. The Kier molecular flexibility index (Phi) is 2.90. The monoisotopic (exact) mass is 250 g/mol. The van der Waals surface area contributed by atoms with Crippen molar-refractivity contribution >= 4 is 17.6 Å². The Labute approximate surface area is 103 Å². The highest BCUT2D eigenvalue weighted by Crippen LogP contribution is 2.21. The van der Waals surface area contributed by atoms with Crippen LogP contribution < -0.4 is 0 Å². The minimum atomic E-state index is -1.02. The van der Waals surface area contributed by atoms with Gasteiger partial charge < -0.3 is 5.11 Å². The lowest BCUT2D eigenvalue weighted by atomic mass is 10.2. The Morgan fingerprint density at radius 1 is 1.35 bits per heavy atom. The van der Waals surface area contributed by atoms with Gasteiger partial charge in [0.2, 0.25) is 0 Å². The van der Waals surface area contributed by atoms with Crippen molar-refractivity contribution in [1.82, 2.24) is 9.78 Å². The SMILES string of the molecule is Cc1cc(C)n(-c2ccc(Cl)cc2C(=O)O)n1. The van der Waals surface area contributed by atoms with E-state index in [1.54, 1.807) is 16.8 Å². The maximum absolute atomic E-state index is 11.2. The number of aryl methyl sites for hydroxylation is 2. The summed E-state index contributed by atoms with van der Waals surface area (Å²) in [5, 5.41) is 13.8. The zero-order valence-corrected chi connectivity index (χ0v) is 10.2. The highest BCUT2D eigenvalue weighted by Gasteiger charge is 2.14. The quantitative estimate of drug-likeness (QED) is 0.892. The molecule has 1 aromatic heterocycles. The van der Waals surface area contributed by atoms with Gasteiger partial charge in [0.05, 0.1) is 16.9 Å². The highest BCUT2D eigenvalue weighted by atomic mass is 35.5. The summed E-state index contributed by atoms with van der Waals surface area (Å²) in [7, 11) is 0. The predicted octanol–water partition coefficient (Wildman–Crippen LogP) is 2.84. The summed E-state index contributed by atoms with van der Waals surface area (Å²) < 4.78 is 1.61. The predicted molar refractivity (Wildman–Crippen MR) is 65.0 cm³/mol. The molecule has 0 aliphatic rings. The largest absolute Gasteiger partial charge is 0.478 e. The number of benzene rings is 1. The van der Waals surface area contributed by atoms with Gasteiger partial charge >= 0.3 is 5.97 Å². The molecule has 0 amide bonds. The average Bonchev–Trinajstić information content (AvgIpc) is 2.57. The van der Waals surface area contributed by atoms with Crippen LogP contribution in [0, 0.1) is 13.8 Å². The van der Waals surface area contributed by atoms with Gasteiger partial charge in [-0.3, -0.25) is 0 Å². The Hall–Kier alpha value is -1.81. The molecule has 5 heteroatoms. The Balaban J connectivity index is 2.67. The van der Waals surface area contributed by atoms with Gasteiger partial charge in [-0.15, -0.1) is 0 Å². The first kappa shape index (κ1) is 11.7. The summed E-state index contributed by atoms with van der Waals surface area (Å²) in [6.45, 7) is 3.74. The Morgan fingerprint density at radius 3 is 2.59 bits per heavy atom. The number of carbonyl (C=O) groups is 1. The molecule has 0 aliphatic heterocycles. The molecule has 0 fully saturated rings. The lowest BCUT2D eigenvalue weighted by Crippen LogP contribution is -2.07. The standard InChI is InChI=1S/C12H11ClN2O2/c1-7-5-8(2)15(14-7)11-4-3-9(13)6-10(11)12(16)17/h3-6H,1-2H3,(H,16,17). The van der Waals surface area contributed by atoms with Crippen molar-refractivity contribution in [3.05, 3.63) is 46.2 Å². The van der Waals surface area contributed by atoms with Crippen LogP contribution in [0.5, 0.6) is 0 Å². The zero-order chi connectivity index (χ0) is 12.6. The number of hydrogen-bond donors (Lipinski definition) is 1. The van der Waals surface area contributed by atoms with Crippen molar-refractivity contribution < 1.29 is 9.90 Å². The summed E-state index contributed by atoms with van der Waals surface area (Å²) >= 11 is 5.80. The fraction of sp³-hybridized carbons (Fsp3) is 0.167. The summed E-state index contributed by atoms with van der Waals surface area (Å²) in [5.74, 6) is -1.02. The highest BCUT2D eigenvalue weighted by molar-refractivity contribution is 6.31. The van der Waals surface area contributed by atoms with Crippen LogP contribution in [0.4, 0.5) is 0 Å². The van der Waals surface area contributed by atoms with Crippen LogP contribution in [0.2, 0.25) is 5.02 Å². The smallest absolute Gasteiger partial charge is 0.337 e. The summed E-state index contributed by atoms with van der Waals surface area (Å²) in [5.41, 5.74) is 2.39. The van der Waals surface area contributed by atoms with Gasteiger partial charge in [0.25, 0.3) is 0 Å². The first-order chi connectivity index (χ1) is 7.99. The van der Waals surface area contributed by atoms with E-state index in [1.807, 2.05) is 19.9 Å². The van der Waals surface area contributed by atoms with Crippen LogP contribution in [-0.2, 0) is 0 Å². The molecular weight excluding hydrogens is 240 g/mol. The van der Waals surface area contributed by atoms with Crippen LogP contribution in [0.25, 0.3) is 5.69 Å². The fourth-order valence-electron chi connectivity index (χ4n) is 1.74. The molecule has 2 rings (SSSR count). The summed E-state index contributed by atoms with van der Waals surface area (Å²) in [6.07, 6.45) is 0. The molecule has 0 saturated heterocycles. The third-order valence-electron chi connectivity index (χ3n) is 2.43. The molecule has 4 nitrogen and oxygen atoms in total. The van der Waals surface area contributed by atoms with Crippen molar-refractivity contribution in [3.8, 4) is 5.69 Å². The molecule has 0 aliphatic carbocycles. The van der Waals surface area contributed by atoms with E-state index in [-0.39, 0.29) is 5.56 Å². The van der Waals surface area contributed by atoms with E-state index in [4.69, 9.17) is 16.7 Å². The molecule has 0 spiro atoms. The number of nitrogens with zero attached hydrogens (tertiary/aromatic N) is 2. The third kappa shape index (κ3) is 2.17. The number of aromatic carboxylic acids is 1. The van der Waals surface area contributed by atoms with Crippen LogP contribution in [0.3, 0.4) is 0 Å². The molecule has 17 heavy (non-hydrogen) atoms. The number of hydrogen-bond acceptors (Lipinski definition) is 2. The van der Waals surface area contributed by atoms with Gasteiger partial charge in [-0.2, -0.15) is 5.10 Å².